The normalized spacial score (nSPS) is 16.3. The van der Waals surface area contributed by atoms with Crippen molar-refractivity contribution in [3.63, 3.8) is 0 Å². The molecule has 1 N–H and O–H groups in total. The van der Waals surface area contributed by atoms with Gasteiger partial charge in [-0.3, -0.25) is 0 Å². The van der Waals surface area contributed by atoms with Crippen molar-refractivity contribution in [1.82, 2.24) is 0 Å². The van der Waals surface area contributed by atoms with Crippen molar-refractivity contribution in [1.29, 1.82) is 0 Å². The van der Waals surface area contributed by atoms with Crippen LogP contribution in [0, 0.1) is 18.3 Å². The molecule has 0 spiro atoms. The summed E-state index contributed by atoms with van der Waals surface area (Å²) in [5, 5.41) is 9.47. The second kappa shape index (κ2) is 13.7. The molecule has 0 saturated carbocycles. The Balaban J connectivity index is 6.07. The highest BCUT2D eigenvalue weighted by atomic mass is 28.4. The molecule has 0 fully saturated rings. The molecule has 0 amide bonds. The Kier molecular flexibility index (Phi) is 13.4. The summed E-state index contributed by atoms with van der Waals surface area (Å²) in [5.41, 5.74) is 0.372. The van der Waals surface area contributed by atoms with Crippen LogP contribution in [0.2, 0.25) is 36.3 Å². The minimum Gasteiger partial charge on any atom is -0.478 e. The van der Waals surface area contributed by atoms with Gasteiger partial charge >= 0.3 is 5.97 Å². The fourth-order valence-corrected chi connectivity index (χ4v) is 8.10. The molecule has 32 heavy (non-hydrogen) atoms. The van der Waals surface area contributed by atoms with E-state index in [-0.39, 0.29) is 23.2 Å². The highest BCUT2D eigenvalue weighted by molar-refractivity contribution is 6.74. The zero-order valence-corrected chi connectivity index (χ0v) is 24.5. The standard InChI is InChI=1S/C26H50O4Si2/c1-12-16-17-18-23(29-31(10,11)26(7,8)9)22(6)24(20-19-21(5)25(27)28)30-32(13-2,14-3)15-4/h1,19,22-24H,13-18,20H2,2-11H3,(H,27,28)/b21-19+/t22-,23-,24-/m1/s1. The summed E-state index contributed by atoms with van der Waals surface area (Å²) in [5.74, 6) is 2.04. The molecule has 0 radical (unpaired) electrons. The third kappa shape index (κ3) is 9.55. The van der Waals surface area contributed by atoms with Crippen LogP contribution in [0.25, 0.3) is 0 Å². The SMILES string of the molecule is C#CCCC[C@@H](O[Si](C)(C)C(C)(C)C)[C@@H](C)[C@@H](C/C=C(\C)C(=O)O)O[Si](CC)(CC)CC. The van der Waals surface area contributed by atoms with Crippen molar-refractivity contribution < 1.29 is 18.8 Å². The van der Waals surface area contributed by atoms with Gasteiger partial charge in [-0.2, -0.15) is 0 Å². The quantitative estimate of drug-likeness (QED) is 0.113. The van der Waals surface area contributed by atoms with Crippen molar-refractivity contribution in [3.05, 3.63) is 11.6 Å². The van der Waals surface area contributed by atoms with Gasteiger partial charge in [0.05, 0.1) is 12.2 Å². The van der Waals surface area contributed by atoms with E-state index in [9.17, 15) is 9.90 Å². The van der Waals surface area contributed by atoms with Crippen LogP contribution >= 0.6 is 0 Å². The lowest BCUT2D eigenvalue weighted by atomic mass is 9.92. The molecule has 0 aliphatic rings. The number of terminal acetylenes is 1. The van der Waals surface area contributed by atoms with Crippen LogP contribution in [0.5, 0.6) is 0 Å². The van der Waals surface area contributed by atoms with Crippen LogP contribution in [0.1, 0.15) is 81.1 Å². The molecular formula is C26H50O4Si2. The summed E-state index contributed by atoms with van der Waals surface area (Å²) in [6.07, 6.45) is 10.5. The fourth-order valence-electron chi connectivity index (χ4n) is 3.70. The Morgan fingerprint density at radius 1 is 1.09 bits per heavy atom. The van der Waals surface area contributed by atoms with E-state index in [2.05, 4.69) is 67.5 Å². The Bertz CT molecular complexity index is 631. The van der Waals surface area contributed by atoms with Gasteiger partial charge in [-0.05, 0) is 62.5 Å². The number of rotatable bonds is 15. The summed E-state index contributed by atoms with van der Waals surface area (Å²) >= 11 is 0. The summed E-state index contributed by atoms with van der Waals surface area (Å²) in [6.45, 7) is 22.0. The third-order valence-electron chi connectivity index (χ3n) is 7.56. The van der Waals surface area contributed by atoms with Gasteiger partial charge in [0.2, 0.25) is 0 Å². The number of carbonyl (C=O) groups is 1. The number of carboxylic acid groups (broad SMARTS) is 1. The molecular weight excluding hydrogens is 432 g/mol. The first-order chi connectivity index (χ1) is 14.7. The number of hydrogen-bond donors (Lipinski definition) is 1. The Morgan fingerprint density at radius 3 is 2.03 bits per heavy atom. The molecule has 0 aromatic heterocycles. The minimum atomic E-state index is -1.99. The van der Waals surface area contributed by atoms with Crippen molar-refractivity contribution in [2.24, 2.45) is 5.92 Å². The predicted molar refractivity (Wildman–Crippen MR) is 142 cm³/mol. The van der Waals surface area contributed by atoms with E-state index < -0.39 is 22.6 Å². The van der Waals surface area contributed by atoms with Crippen molar-refractivity contribution in [3.8, 4) is 12.3 Å². The second-order valence-electron chi connectivity index (χ2n) is 10.7. The maximum atomic E-state index is 11.4. The molecule has 0 heterocycles. The second-order valence-corrected chi connectivity index (χ2v) is 20.2. The molecule has 6 heteroatoms. The van der Waals surface area contributed by atoms with Crippen molar-refractivity contribution >= 4 is 22.6 Å². The zero-order valence-electron chi connectivity index (χ0n) is 22.5. The van der Waals surface area contributed by atoms with Crippen molar-refractivity contribution in [2.45, 2.75) is 130 Å². The van der Waals surface area contributed by atoms with E-state index in [0.29, 0.717) is 12.0 Å². The maximum absolute atomic E-state index is 11.4. The first kappa shape index (κ1) is 31.1. The number of hydrogen-bond acceptors (Lipinski definition) is 3. The van der Waals surface area contributed by atoms with E-state index in [4.69, 9.17) is 15.3 Å². The summed E-state index contributed by atoms with van der Waals surface area (Å²) in [6, 6.07) is 3.20. The third-order valence-corrected chi connectivity index (χ3v) is 16.7. The molecule has 0 aromatic carbocycles. The van der Waals surface area contributed by atoms with Crippen LogP contribution in [0.4, 0.5) is 0 Å². The van der Waals surface area contributed by atoms with Gasteiger partial charge in [0.25, 0.3) is 0 Å². The van der Waals surface area contributed by atoms with Gasteiger partial charge in [-0.25, -0.2) is 4.79 Å². The molecule has 0 aromatic rings. The number of carboxylic acids is 1. The summed E-state index contributed by atoms with van der Waals surface area (Å²) in [4.78, 5) is 11.4. The molecule has 0 saturated heterocycles. The highest BCUT2D eigenvalue weighted by Gasteiger charge is 2.42. The van der Waals surface area contributed by atoms with E-state index in [1.54, 1.807) is 6.92 Å². The lowest BCUT2D eigenvalue weighted by molar-refractivity contribution is -0.132. The topological polar surface area (TPSA) is 55.8 Å². The van der Waals surface area contributed by atoms with Crippen LogP contribution in [-0.4, -0.2) is 39.9 Å². The summed E-state index contributed by atoms with van der Waals surface area (Å²) < 4.78 is 13.9. The highest BCUT2D eigenvalue weighted by Crippen LogP contribution is 2.40. The monoisotopic (exact) mass is 482 g/mol. The molecule has 186 valence electrons. The first-order valence-electron chi connectivity index (χ1n) is 12.4. The van der Waals surface area contributed by atoms with Gasteiger partial charge in [0, 0.05) is 17.9 Å². The average Bonchev–Trinajstić information content (AvgIpc) is 2.72. The largest absolute Gasteiger partial charge is 0.478 e. The zero-order chi connectivity index (χ0) is 25.2. The summed E-state index contributed by atoms with van der Waals surface area (Å²) in [7, 11) is -3.86. The maximum Gasteiger partial charge on any atom is 0.330 e. The molecule has 0 unspecified atom stereocenters. The molecule has 0 bridgehead atoms. The lowest BCUT2D eigenvalue weighted by Crippen LogP contribution is -2.49. The van der Waals surface area contributed by atoms with E-state index in [0.717, 1.165) is 37.4 Å². The van der Waals surface area contributed by atoms with Crippen molar-refractivity contribution in [2.75, 3.05) is 0 Å². The van der Waals surface area contributed by atoms with Crippen LogP contribution in [-0.2, 0) is 13.6 Å². The van der Waals surface area contributed by atoms with Crippen LogP contribution < -0.4 is 0 Å². The molecule has 0 aliphatic carbocycles. The van der Waals surface area contributed by atoms with E-state index in [1.165, 1.54) is 0 Å². The van der Waals surface area contributed by atoms with E-state index in [1.807, 2.05) is 6.08 Å². The smallest absolute Gasteiger partial charge is 0.330 e. The van der Waals surface area contributed by atoms with Crippen LogP contribution in [0.15, 0.2) is 11.6 Å². The first-order valence-corrected chi connectivity index (χ1v) is 17.8. The van der Waals surface area contributed by atoms with E-state index >= 15 is 0 Å². The molecule has 0 aliphatic heterocycles. The van der Waals surface area contributed by atoms with Crippen LogP contribution in [0.3, 0.4) is 0 Å². The fraction of sp³-hybridized carbons (Fsp3) is 0.808. The lowest BCUT2D eigenvalue weighted by Gasteiger charge is -2.44. The van der Waals surface area contributed by atoms with Gasteiger partial charge < -0.3 is 14.0 Å². The minimum absolute atomic E-state index is 0.0463. The number of unbranched alkanes of at least 4 members (excludes halogenated alkanes) is 1. The average molecular weight is 483 g/mol. The van der Waals surface area contributed by atoms with Gasteiger partial charge in [0.1, 0.15) is 0 Å². The predicted octanol–water partition coefficient (Wildman–Crippen LogP) is 7.63. The molecule has 0 rings (SSSR count). The Labute approximate surface area is 200 Å². The number of aliphatic carboxylic acids is 1. The van der Waals surface area contributed by atoms with Gasteiger partial charge in [-0.15, -0.1) is 12.3 Å². The Morgan fingerprint density at radius 2 is 1.62 bits per heavy atom. The van der Waals surface area contributed by atoms with Gasteiger partial charge in [-0.1, -0.05) is 54.5 Å². The Hall–Kier alpha value is -0.876. The van der Waals surface area contributed by atoms with Gasteiger partial charge in [0.15, 0.2) is 16.6 Å². The molecule has 4 nitrogen and oxygen atoms in total. The molecule has 3 atom stereocenters.